The highest BCUT2D eigenvalue weighted by atomic mass is 28.2. The molecule has 2 N–H and O–H groups in total. The zero-order valence-electron chi connectivity index (χ0n) is 17.8. The van der Waals surface area contributed by atoms with Crippen molar-refractivity contribution < 1.29 is 29.3 Å². The molecule has 0 saturated carbocycles. The number of rotatable bonds is 8. The second-order valence-electron chi connectivity index (χ2n) is 5.97. The van der Waals surface area contributed by atoms with Gasteiger partial charge in [-0.3, -0.25) is 0 Å². The van der Waals surface area contributed by atoms with Crippen LogP contribution in [0, 0.1) is 6.92 Å². The summed E-state index contributed by atoms with van der Waals surface area (Å²) in [4.78, 5) is 19.7. The van der Waals surface area contributed by atoms with Crippen molar-refractivity contribution in [3.8, 4) is 0 Å². The molecule has 0 unspecified atom stereocenters. The molecule has 0 saturated heterocycles. The van der Waals surface area contributed by atoms with E-state index < -0.39 is 11.9 Å². The third-order valence-corrected chi connectivity index (χ3v) is 5.25. The fourth-order valence-electron chi connectivity index (χ4n) is 2.01. The summed E-state index contributed by atoms with van der Waals surface area (Å²) in [5.74, 6) is -2.61. The maximum atomic E-state index is 9.86. The zero-order valence-corrected chi connectivity index (χ0v) is 19.2. The van der Waals surface area contributed by atoms with Gasteiger partial charge >= 0.3 is 11.9 Å². The Bertz CT molecular complexity index is 772. The summed E-state index contributed by atoms with van der Waals surface area (Å²) in [5.41, 5.74) is 1.34. The highest BCUT2D eigenvalue weighted by molar-refractivity contribution is 6.67. The molecule has 0 aliphatic rings. The van der Waals surface area contributed by atoms with Crippen molar-refractivity contribution in [1.29, 1.82) is 0 Å². The third kappa shape index (κ3) is 13.0. The van der Waals surface area contributed by atoms with Crippen LogP contribution in [0.3, 0.4) is 0 Å². The van der Waals surface area contributed by atoms with Gasteiger partial charge in [-0.15, -0.1) is 0 Å². The minimum atomic E-state index is -1.10. The predicted octanol–water partition coefficient (Wildman–Crippen LogP) is 2.36. The number of benzene rings is 2. The van der Waals surface area contributed by atoms with E-state index in [1.807, 2.05) is 0 Å². The van der Waals surface area contributed by atoms with Gasteiger partial charge in [-0.2, -0.15) is 0 Å². The van der Waals surface area contributed by atoms with Gasteiger partial charge in [-0.25, -0.2) is 9.59 Å². The van der Waals surface area contributed by atoms with E-state index in [1.165, 1.54) is 15.9 Å². The Morgan fingerprint density at radius 1 is 0.800 bits per heavy atom. The van der Waals surface area contributed by atoms with Crippen molar-refractivity contribution in [2.45, 2.75) is 20.8 Å². The lowest BCUT2D eigenvalue weighted by Crippen LogP contribution is -2.26. The number of aliphatic carboxylic acids is 2. The van der Waals surface area contributed by atoms with Crippen LogP contribution in [0.5, 0.6) is 0 Å². The van der Waals surface area contributed by atoms with Gasteiger partial charge in [0.2, 0.25) is 0 Å². The molecular formula is C23H30O6Si. The average molecular weight is 431 g/mol. The van der Waals surface area contributed by atoms with Crippen LogP contribution >= 0.6 is 0 Å². The Morgan fingerprint density at radius 2 is 1.20 bits per heavy atom. The summed E-state index contributed by atoms with van der Waals surface area (Å²) in [7, 11) is -0.250. The van der Waals surface area contributed by atoms with Gasteiger partial charge in [0.25, 0.3) is 0 Å². The topological polar surface area (TPSA) is 93.1 Å². The number of hydrogen-bond donors (Lipinski definition) is 2. The second-order valence-corrected chi connectivity index (χ2v) is 7.96. The SMILES string of the molecule is C=C(OCC)C(=O)O.C=C(OCC)C(=O)O.Cc1ccc([SiH2]c2ccccc2)cc1. The van der Waals surface area contributed by atoms with Crippen LogP contribution < -0.4 is 10.4 Å². The van der Waals surface area contributed by atoms with Crippen LogP contribution in [-0.2, 0) is 19.1 Å². The molecule has 0 aliphatic heterocycles. The number of carboxylic acid groups (broad SMARTS) is 2. The molecule has 162 valence electrons. The summed E-state index contributed by atoms with van der Waals surface area (Å²) >= 11 is 0. The molecule has 0 spiro atoms. The first-order chi connectivity index (χ1) is 14.2. The average Bonchev–Trinajstić information content (AvgIpc) is 2.72. The van der Waals surface area contributed by atoms with E-state index in [9.17, 15) is 9.59 Å². The first-order valence-corrected chi connectivity index (χ1v) is 10.8. The molecule has 0 atom stereocenters. The summed E-state index contributed by atoms with van der Waals surface area (Å²) < 4.78 is 9.02. The fraction of sp³-hybridized carbons (Fsp3) is 0.217. The Hall–Kier alpha value is -3.32. The first kappa shape index (κ1) is 26.7. The normalized spacial score (nSPS) is 9.43. The quantitative estimate of drug-likeness (QED) is 0.379. The van der Waals surface area contributed by atoms with E-state index in [4.69, 9.17) is 10.2 Å². The molecule has 6 nitrogen and oxygen atoms in total. The molecule has 30 heavy (non-hydrogen) atoms. The van der Waals surface area contributed by atoms with Gasteiger partial charge in [0.05, 0.1) is 22.7 Å². The highest BCUT2D eigenvalue weighted by Crippen LogP contribution is 1.92. The summed E-state index contributed by atoms with van der Waals surface area (Å²) in [6.45, 7) is 12.5. The van der Waals surface area contributed by atoms with Crippen LogP contribution in [0.25, 0.3) is 0 Å². The van der Waals surface area contributed by atoms with Gasteiger partial charge in [0.15, 0.2) is 11.5 Å². The molecule has 0 amide bonds. The van der Waals surface area contributed by atoms with Crippen molar-refractivity contribution in [2.75, 3.05) is 13.2 Å². The lowest BCUT2D eigenvalue weighted by Gasteiger charge is -2.01. The molecule has 7 heteroatoms. The highest BCUT2D eigenvalue weighted by Gasteiger charge is 2.01. The summed E-state index contributed by atoms with van der Waals surface area (Å²) in [6, 6.07) is 19.7. The zero-order chi connectivity index (χ0) is 22.9. The maximum Gasteiger partial charge on any atom is 0.370 e. The Kier molecular flexibility index (Phi) is 13.9. The standard InChI is InChI=1S/C13H14Si.2C5H8O3/c1-11-7-9-13(10-8-11)14-12-5-3-2-4-6-12;2*1-3-8-4(2)5(6)7/h2-10H,14H2,1H3;2*2-3H2,1H3,(H,6,7). The van der Waals surface area contributed by atoms with Crippen molar-refractivity contribution in [3.63, 3.8) is 0 Å². The number of carboxylic acids is 2. The van der Waals surface area contributed by atoms with E-state index >= 15 is 0 Å². The predicted molar refractivity (Wildman–Crippen MR) is 122 cm³/mol. The first-order valence-electron chi connectivity index (χ1n) is 9.40. The monoisotopic (exact) mass is 430 g/mol. The molecule has 2 aromatic carbocycles. The molecule has 2 aromatic rings. The van der Waals surface area contributed by atoms with Gasteiger partial charge in [0, 0.05) is 0 Å². The van der Waals surface area contributed by atoms with Gasteiger partial charge < -0.3 is 19.7 Å². The molecule has 0 aromatic heterocycles. The number of hydrogen-bond acceptors (Lipinski definition) is 4. The number of carbonyl (C=O) groups is 2. The van der Waals surface area contributed by atoms with E-state index in [2.05, 4.69) is 84.2 Å². The minimum absolute atomic E-state index is 0.201. The molecule has 0 heterocycles. The van der Waals surface area contributed by atoms with Gasteiger partial charge in [-0.05, 0) is 33.9 Å². The molecule has 0 aliphatic carbocycles. The summed E-state index contributed by atoms with van der Waals surface area (Å²) in [6.07, 6.45) is 0. The number of ether oxygens (including phenoxy) is 2. The Morgan fingerprint density at radius 3 is 1.53 bits per heavy atom. The Labute approximate surface area is 180 Å². The molecular weight excluding hydrogens is 400 g/mol. The summed E-state index contributed by atoms with van der Waals surface area (Å²) in [5, 5.41) is 19.2. The van der Waals surface area contributed by atoms with Gasteiger partial charge in [-0.1, -0.05) is 70.5 Å². The van der Waals surface area contributed by atoms with Crippen LogP contribution in [0.15, 0.2) is 79.3 Å². The maximum absolute atomic E-state index is 9.86. The Balaban J connectivity index is 0.000000456. The fourth-order valence-corrected chi connectivity index (χ4v) is 3.46. The lowest BCUT2D eigenvalue weighted by molar-refractivity contribution is -0.137. The third-order valence-electron chi connectivity index (χ3n) is 3.49. The molecule has 0 fully saturated rings. The molecule has 2 rings (SSSR count). The second kappa shape index (κ2) is 15.6. The molecule has 0 radical (unpaired) electrons. The minimum Gasteiger partial charge on any atom is -0.487 e. The van der Waals surface area contributed by atoms with E-state index in [-0.39, 0.29) is 21.0 Å². The van der Waals surface area contributed by atoms with E-state index in [0.717, 1.165) is 0 Å². The largest absolute Gasteiger partial charge is 0.487 e. The van der Waals surface area contributed by atoms with Crippen LogP contribution in [0.4, 0.5) is 0 Å². The van der Waals surface area contributed by atoms with Crippen molar-refractivity contribution >= 4 is 31.8 Å². The van der Waals surface area contributed by atoms with Gasteiger partial charge in [0.1, 0.15) is 0 Å². The molecule has 0 bridgehead atoms. The van der Waals surface area contributed by atoms with Crippen LogP contribution in [-0.4, -0.2) is 44.9 Å². The van der Waals surface area contributed by atoms with Crippen molar-refractivity contribution in [1.82, 2.24) is 0 Å². The van der Waals surface area contributed by atoms with E-state index in [1.54, 1.807) is 13.8 Å². The van der Waals surface area contributed by atoms with Crippen molar-refractivity contribution in [2.24, 2.45) is 0 Å². The lowest BCUT2D eigenvalue weighted by atomic mass is 10.2. The van der Waals surface area contributed by atoms with Crippen LogP contribution in [0.2, 0.25) is 0 Å². The van der Waals surface area contributed by atoms with Crippen LogP contribution in [0.1, 0.15) is 19.4 Å². The smallest absolute Gasteiger partial charge is 0.370 e. The van der Waals surface area contributed by atoms with Crippen molar-refractivity contribution in [3.05, 3.63) is 84.8 Å². The van der Waals surface area contributed by atoms with E-state index in [0.29, 0.717) is 13.2 Å². The number of aryl methyl sites for hydroxylation is 1.